The highest BCUT2D eigenvalue weighted by Gasteiger charge is 2.48. The summed E-state index contributed by atoms with van der Waals surface area (Å²) in [5, 5.41) is 13.3. The van der Waals surface area contributed by atoms with Crippen LogP contribution in [0.5, 0.6) is 0 Å². The highest BCUT2D eigenvalue weighted by molar-refractivity contribution is 6.07. The topological polar surface area (TPSA) is 108 Å². The summed E-state index contributed by atoms with van der Waals surface area (Å²) in [5.41, 5.74) is -1.06. The summed E-state index contributed by atoms with van der Waals surface area (Å²) >= 11 is 0. The number of urea groups is 1. The van der Waals surface area contributed by atoms with E-state index in [1.165, 1.54) is 6.20 Å². The Hall–Kier alpha value is -2.44. The quantitative estimate of drug-likeness (QED) is 0.650. The van der Waals surface area contributed by atoms with E-state index in [1.807, 2.05) is 0 Å². The van der Waals surface area contributed by atoms with Crippen molar-refractivity contribution in [2.45, 2.75) is 18.4 Å². The standard InChI is InChI=1S/C11H11N3O4/c15-8(16)4-5-11(7-3-1-2-6-12-7)9(17)13-10(18)14-11/h1-3,6H,4-5H2,(H,15,16)(H2,13,14,17,18). The molecule has 1 atom stereocenters. The number of carbonyl (C=O) groups excluding carboxylic acids is 2. The van der Waals surface area contributed by atoms with Gasteiger partial charge in [-0.3, -0.25) is 19.9 Å². The predicted octanol–water partition coefficient (Wildman–Crippen LogP) is -0.0189. The minimum absolute atomic E-state index is 0.0447. The number of hydrogen-bond donors (Lipinski definition) is 3. The molecule has 1 fully saturated rings. The van der Waals surface area contributed by atoms with Gasteiger partial charge >= 0.3 is 12.0 Å². The first-order valence-corrected chi connectivity index (χ1v) is 5.31. The second-order valence-corrected chi connectivity index (χ2v) is 3.92. The second kappa shape index (κ2) is 4.44. The van der Waals surface area contributed by atoms with E-state index < -0.39 is 23.4 Å². The van der Waals surface area contributed by atoms with Crippen molar-refractivity contribution in [1.29, 1.82) is 0 Å². The van der Waals surface area contributed by atoms with E-state index in [4.69, 9.17) is 5.11 Å². The molecule has 1 saturated heterocycles. The number of pyridine rings is 1. The summed E-state index contributed by atoms with van der Waals surface area (Å²) in [7, 11) is 0. The molecule has 2 rings (SSSR count). The molecule has 1 aliphatic rings. The van der Waals surface area contributed by atoms with Gasteiger partial charge in [0.15, 0.2) is 5.54 Å². The van der Waals surface area contributed by atoms with Crippen molar-refractivity contribution in [3.8, 4) is 0 Å². The lowest BCUT2D eigenvalue weighted by Crippen LogP contribution is -2.44. The summed E-state index contributed by atoms with van der Waals surface area (Å²) in [5.74, 6) is -1.62. The summed E-state index contributed by atoms with van der Waals surface area (Å²) in [6.07, 6.45) is 1.19. The number of nitrogens with zero attached hydrogens (tertiary/aromatic N) is 1. The van der Waals surface area contributed by atoms with Crippen LogP contribution in [-0.2, 0) is 15.1 Å². The highest BCUT2D eigenvalue weighted by Crippen LogP contribution is 2.28. The van der Waals surface area contributed by atoms with Crippen molar-refractivity contribution in [3.63, 3.8) is 0 Å². The van der Waals surface area contributed by atoms with Crippen LogP contribution >= 0.6 is 0 Å². The van der Waals surface area contributed by atoms with Gasteiger partial charge in [-0.2, -0.15) is 0 Å². The molecular formula is C11H11N3O4. The largest absolute Gasteiger partial charge is 0.481 e. The average Bonchev–Trinajstić information content (AvgIpc) is 2.64. The van der Waals surface area contributed by atoms with Crippen LogP contribution in [0.3, 0.4) is 0 Å². The van der Waals surface area contributed by atoms with E-state index in [9.17, 15) is 14.4 Å². The first-order chi connectivity index (χ1) is 8.54. The first kappa shape index (κ1) is 12.0. The molecule has 0 aromatic carbocycles. The van der Waals surface area contributed by atoms with Crippen molar-refractivity contribution >= 4 is 17.9 Å². The summed E-state index contributed by atoms with van der Waals surface area (Å²) in [6, 6.07) is 4.27. The molecule has 0 spiro atoms. The first-order valence-electron chi connectivity index (χ1n) is 5.31. The lowest BCUT2D eigenvalue weighted by molar-refractivity contribution is -0.137. The monoisotopic (exact) mass is 249 g/mol. The number of imide groups is 1. The molecule has 7 nitrogen and oxygen atoms in total. The molecular weight excluding hydrogens is 238 g/mol. The second-order valence-electron chi connectivity index (χ2n) is 3.92. The maximum atomic E-state index is 11.9. The van der Waals surface area contributed by atoms with Crippen LogP contribution in [0.1, 0.15) is 18.5 Å². The molecule has 1 unspecified atom stereocenters. The lowest BCUT2D eigenvalue weighted by Gasteiger charge is -2.24. The van der Waals surface area contributed by atoms with Crippen LogP contribution in [0.15, 0.2) is 24.4 Å². The van der Waals surface area contributed by atoms with E-state index in [-0.39, 0.29) is 12.8 Å². The zero-order valence-corrected chi connectivity index (χ0v) is 9.34. The molecule has 2 heterocycles. The summed E-state index contributed by atoms with van der Waals surface area (Å²) in [4.78, 5) is 37.8. The van der Waals surface area contributed by atoms with E-state index in [1.54, 1.807) is 18.2 Å². The third-order valence-electron chi connectivity index (χ3n) is 2.76. The average molecular weight is 249 g/mol. The van der Waals surface area contributed by atoms with Crippen LogP contribution < -0.4 is 10.6 Å². The van der Waals surface area contributed by atoms with Crippen molar-refractivity contribution in [1.82, 2.24) is 15.6 Å². The number of aromatic nitrogens is 1. The smallest absolute Gasteiger partial charge is 0.322 e. The molecule has 18 heavy (non-hydrogen) atoms. The number of amides is 3. The zero-order valence-electron chi connectivity index (χ0n) is 9.34. The molecule has 0 radical (unpaired) electrons. The molecule has 94 valence electrons. The maximum Gasteiger partial charge on any atom is 0.322 e. The van der Waals surface area contributed by atoms with Crippen LogP contribution in [0, 0.1) is 0 Å². The zero-order chi connectivity index (χ0) is 13.2. The Balaban J connectivity index is 2.37. The number of carbonyl (C=O) groups is 3. The fourth-order valence-corrected chi connectivity index (χ4v) is 1.89. The number of rotatable bonds is 4. The van der Waals surface area contributed by atoms with Crippen LogP contribution in [0.25, 0.3) is 0 Å². The predicted molar refractivity (Wildman–Crippen MR) is 59.5 cm³/mol. The Morgan fingerprint density at radius 3 is 2.67 bits per heavy atom. The minimum atomic E-state index is -1.39. The van der Waals surface area contributed by atoms with Crippen LogP contribution in [-0.4, -0.2) is 28.0 Å². The number of hydrogen-bond acceptors (Lipinski definition) is 4. The van der Waals surface area contributed by atoms with Gasteiger partial charge in [-0.1, -0.05) is 6.07 Å². The van der Waals surface area contributed by atoms with Gasteiger partial charge in [0, 0.05) is 12.6 Å². The lowest BCUT2D eigenvalue weighted by atomic mass is 9.89. The maximum absolute atomic E-state index is 11.9. The van der Waals surface area contributed by atoms with Crippen molar-refractivity contribution in [2.75, 3.05) is 0 Å². The van der Waals surface area contributed by atoms with Crippen LogP contribution in [0.4, 0.5) is 4.79 Å². The van der Waals surface area contributed by atoms with Gasteiger partial charge in [0.1, 0.15) is 0 Å². The number of carboxylic acid groups (broad SMARTS) is 1. The Bertz CT molecular complexity index is 502. The molecule has 0 bridgehead atoms. The Labute approximate surface area is 102 Å². The number of carboxylic acids is 1. The molecule has 1 aromatic rings. The number of nitrogens with one attached hydrogen (secondary N) is 2. The molecule has 7 heteroatoms. The normalized spacial score (nSPS) is 22.4. The molecule has 3 N–H and O–H groups in total. The molecule has 0 aliphatic carbocycles. The minimum Gasteiger partial charge on any atom is -0.481 e. The molecule has 0 saturated carbocycles. The van der Waals surface area contributed by atoms with E-state index in [0.717, 1.165) is 0 Å². The van der Waals surface area contributed by atoms with Gasteiger partial charge in [-0.25, -0.2) is 4.79 Å². The SMILES string of the molecule is O=C(O)CCC1(c2ccccn2)NC(=O)NC1=O. The van der Waals surface area contributed by atoms with Crippen molar-refractivity contribution in [2.24, 2.45) is 0 Å². The fraction of sp³-hybridized carbons (Fsp3) is 0.273. The molecule has 1 aliphatic heterocycles. The van der Waals surface area contributed by atoms with E-state index in [2.05, 4.69) is 15.6 Å². The van der Waals surface area contributed by atoms with Gasteiger partial charge in [-0.05, 0) is 18.6 Å². The van der Waals surface area contributed by atoms with E-state index >= 15 is 0 Å². The third kappa shape index (κ3) is 2.02. The Morgan fingerprint density at radius 2 is 2.17 bits per heavy atom. The Kier molecular flexibility index (Phi) is 2.97. The van der Waals surface area contributed by atoms with Gasteiger partial charge in [0.25, 0.3) is 5.91 Å². The van der Waals surface area contributed by atoms with Crippen molar-refractivity contribution < 1.29 is 19.5 Å². The molecule has 3 amide bonds. The summed E-state index contributed by atoms with van der Waals surface area (Å²) < 4.78 is 0. The highest BCUT2D eigenvalue weighted by atomic mass is 16.4. The van der Waals surface area contributed by atoms with Gasteiger partial charge in [0.2, 0.25) is 0 Å². The van der Waals surface area contributed by atoms with Gasteiger partial charge < -0.3 is 10.4 Å². The van der Waals surface area contributed by atoms with Gasteiger partial charge in [-0.15, -0.1) is 0 Å². The summed E-state index contributed by atoms with van der Waals surface area (Å²) in [6.45, 7) is 0. The van der Waals surface area contributed by atoms with Gasteiger partial charge in [0.05, 0.1) is 5.69 Å². The van der Waals surface area contributed by atoms with E-state index in [0.29, 0.717) is 5.69 Å². The fourth-order valence-electron chi connectivity index (χ4n) is 1.89. The third-order valence-corrected chi connectivity index (χ3v) is 2.76. The number of aliphatic carboxylic acids is 1. The molecule has 1 aromatic heterocycles. The Morgan fingerprint density at radius 1 is 1.39 bits per heavy atom. The van der Waals surface area contributed by atoms with Crippen LogP contribution in [0.2, 0.25) is 0 Å². The van der Waals surface area contributed by atoms with Crippen molar-refractivity contribution in [3.05, 3.63) is 30.1 Å².